The maximum atomic E-state index is 11.3. The summed E-state index contributed by atoms with van der Waals surface area (Å²) in [6.45, 7) is 8.54. The first-order valence-electron chi connectivity index (χ1n) is 12.9. The van der Waals surface area contributed by atoms with Crippen LogP contribution < -0.4 is 15.5 Å². The molecule has 0 aliphatic carbocycles. The summed E-state index contributed by atoms with van der Waals surface area (Å²) in [4.78, 5) is 32.0. The average Bonchev–Trinajstić information content (AvgIpc) is 3.60. The molecule has 2 fully saturated rings. The molecule has 1 atom stereocenters. The molecule has 1 unspecified atom stereocenters. The van der Waals surface area contributed by atoms with Gasteiger partial charge in [-0.3, -0.25) is 4.90 Å². The zero-order chi connectivity index (χ0) is 26.2. The number of rotatable bonds is 6. The predicted molar refractivity (Wildman–Crippen MR) is 150 cm³/mol. The van der Waals surface area contributed by atoms with Crippen molar-refractivity contribution in [2.24, 2.45) is 5.92 Å². The van der Waals surface area contributed by atoms with Crippen LogP contribution in [0.5, 0.6) is 0 Å². The second-order valence-corrected chi connectivity index (χ2v) is 10.1. The van der Waals surface area contributed by atoms with Gasteiger partial charge in [0.05, 0.1) is 11.8 Å². The van der Waals surface area contributed by atoms with Crippen molar-refractivity contribution < 1.29 is 14.3 Å². The third kappa shape index (κ3) is 5.48. The van der Waals surface area contributed by atoms with E-state index in [2.05, 4.69) is 34.8 Å². The Morgan fingerprint density at radius 2 is 1.92 bits per heavy atom. The lowest BCUT2D eigenvalue weighted by molar-refractivity contribution is 0.0696. The molecule has 12 nitrogen and oxygen atoms in total. The van der Waals surface area contributed by atoms with Crippen molar-refractivity contribution in [3.8, 4) is 11.6 Å². The number of halogens is 1. The maximum Gasteiger partial charge on any atom is 0.335 e. The Hall–Kier alpha value is -3.90. The number of carboxylic acid groups (broad SMARTS) is 1. The van der Waals surface area contributed by atoms with Crippen LogP contribution in [-0.4, -0.2) is 86.4 Å². The molecule has 0 bridgehead atoms. The molecule has 0 saturated carbocycles. The third-order valence-electron chi connectivity index (χ3n) is 7.44. The van der Waals surface area contributed by atoms with Crippen LogP contribution in [0.4, 0.5) is 17.6 Å². The van der Waals surface area contributed by atoms with Gasteiger partial charge in [0.15, 0.2) is 5.76 Å². The van der Waals surface area contributed by atoms with E-state index in [1.54, 1.807) is 30.5 Å². The summed E-state index contributed by atoms with van der Waals surface area (Å²) in [5.41, 5.74) is 8.67. The number of hydrogen-bond acceptors (Lipinski definition) is 10. The molecule has 0 radical (unpaired) electrons. The highest BCUT2D eigenvalue weighted by molar-refractivity contribution is 5.88. The molecule has 206 valence electrons. The molecule has 2 aliphatic heterocycles. The summed E-state index contributed by atoms with van der Waals surface area (Å²) in [5.74, 6) is 1.84. The monoisotopic (exact) mass is 553 g/mol. The molecule has 3 aromatic heterocycles. The number of aromatic nitrogens is 5. The fourth-order valence-corrected chi connectivity index (χ4v) is 5.52. The van der Waals surface area contributed by atoms with Gasteiger partial charge in [-0.2, -0.15) is 19.5 Å². The van der Waals surface area contributed by atoms with Crippen molar-refractivity contribution in [1.29, 1.82) is 0 Å². The van der Waals surface area contributed by atoms with Crippen molar-refractivity contribution >= 4 is 41.7 Å². The van der Waals surface area contributed by atoms with E-state index in [-0.39, 0.29) is 18.4 Å². The molecule has 2 saturated heterocycles. The highest BCUT2D eigenvalue weighted by atomic mass is 35.5. The van der Waals surface area contributed by atoms with Gasteiger partial charge >= 0.3 is 5.97 Å². The number of hydrogen-bond donors (Lipinski definition) is 2. The number of nitrogens with zero attached hydrogens (tertiary/aromatic N) is 8. The fourth-order valence-electron chi connectivity index (χ4n) is 5.52. The summed E-state index contributed by atoms with van der Waals surface area (Å²) >= 11 is 0. The van der Waals surface area contributed by atoms with Crippen molar-refractivity contribution in [2.75, 3.05) is 61.3 Å². The van der Waals surface area contributed by atoms with E-state index < -0.39 is 5.97 Å². The quantitative estimate of drug-likeness (QED) is 0.364. The number of benzene rings is 1. The van der Waals surface area contributed by atoms with Gasteiger partial charge in [0.2, 0.25) is 17.7 Å². The number of piperazine rings is 1. The lowest BCUT2D eigenvalue weighted by atomic mass is 9.97. The van der Waals surface area contributed by atoms with Crippen LogP contribution in [0.15, 0.2) is 41.0 Å². The van der Waals surface area contributed by atoms with Gasteiger partial charge in [-0.25, -0.2) is 4.79 Å². The van der Waals surface area contributed by atoms with Gasteiger partial charge in [-0.1, -0.05) is 0 Å². The molecule has 6 rings (SSSR count). The summed E-state index contributed by atoms with van der Waals surface area (Å²) in [6, 6.07) is 8.96. The van der Waals surface area contributed by atoms with Crippen LogP contribution in [0, 0.1) is 12.8 Å². The normalized spacial score (nSPS) is 18.3. The summed E-state index contributed by atoms with van der Waals surface area (Å²) in [5, 5.41) is 13.6. The number of aromatic carboxylic acids is 1. The predicted octanol–water partition coefficient (Wildman–Crippen LogP) is 2.83. The number of piperidine rings is 1. The van der Waals surface area contributed by atoms with Gasteiger partial charge in [0.1, 0.15) is 0 Å². The smallest absolute Gasteiger partial charge is 0.335 e. The Kier molecular flexibility index (Phi) is 7.58. The second kappa shape index (κ2) is 11.1. The maximum absolute atomic E-state index is 11.3. The van der Waals surface area contributed by atoms with Gasteiger partial charge in [-0.05, 0) is 61.6 Å². The number of aryl methyl sites for hydroxylation is 1. The van der Waals surface area contributed by atoms with Crippen molar-refractivity contribution in [3.05, 3.63) is 47.7 Å². The summed E-state index contributed by atoms with van der Waals surface area (Å²) in [6.07, 6.45) is 3.81. The summed E-state index contributed by atoms with van der Waals surface area (Å²) in [7, 11) is 0. The van der Waals surface area contributed by atoms with Crippen LogP contribution in [-0.2, 0) is 0 Å². The number of nitrogens with two attached hydrogens (primary N) is 1. The molecule has 2 aliphatic rings. The van der Waals surface area contributed by atoms with E-state index in [0.29, 0.717) is 34.8 Å². The minimum atomic E-state index is -0.890. The Bertz CT molecular complexity index is 1450. The first-order valence-corrected chi connectivity index (χ1v) is 12.9. The largest absolute Gasteiger partial charge is 0.478 e. The second-order valence-electron chi connectivity index (χ2n) is 10.1. The Morgan fingerprint density at radius 1 is 1.10 bits per heavy atom. The number of fused-ring (bicyclic) bond motifs is 1. The van der Waals surface area contributed by atoms with Crippen LogP contribution >= 0.6 is 12.4 Å². The minimum absolute atomic E-state index is 0. The average molecular weight is 554 g/mol. The van der Waals surface area contributed by atoms with E-state index in [4.69, 9.17) is 10.2 Å². The minimum Gasteiger partial charge on any atom is -0.478 e. The van der Waals surface area contributed by atoms with Gasteiger partial charge in [0.25, 0.3) is 5.78 Å². The topological polar surface area (TPSA) is 142 Å². The molecule has 1 aromatic carbocycles. The lowest BCUT2D eigenvalue weighted by Crippen LogP contribution is -2.50. The van der Waals surface area contributed by atoms with Crippen molar-refractivity contribution in [2.45, 2.75) is 19.8 Å². The zero-order valence-electron chi connectivity index (χ0n) is 21.7. The van der Waals surface area contributed by atoms with Crippen LogP contribution in [0.1, 0.15) is 28.8 Å². The number of nitrogen functional groups attached to an aromatic ring is 1. The van der Waals surface area contributed by atoms with E-state index in [1.807, 2.05) is 13.0 Å². The zero-order valence-corrected chi connectivity index (χ0v) is 22.5. The highest BCUT2D eigenvalue weighted by Gasteiger charge is 2.27. The van der Waals surface area contributed by atoms with E-state index in [0.717, 1.165) is 69.9 Å². The van der Waals surface area contributed by atoms with Crippen LogP contribution in [0.25, 0.3) is 17.4 Å². The third-order valence-corrected chi connectivity index (χ3v) is 7.44. The molecule has 4 aromatic rings. The standard InChI is InChI=1S/C26H31N9O3.ClH/c1-17-14-19(23(36)37)6-7-20(17)33-11-9-32(10-12-33)15-18-4-2-8-34(16-18)25-29-24(27)35-26(30-25)28-22(31-35)21-5-3-13-38-21;/h3,5-7,13-14,18H,2,4,8-12,15-16H2,1H3,(H,36,37)(H2,27,28,29,30,31);1H. The first-order chi connectivity index (χ1) is 18.4. The number of furan rings is 1. The van der Waals surface area contributed by atoms with Crippen molar-refractivity contribution in [3.63, 3.8) is 0 Å². The fraction of sp³-hybridized carbons (Fsp3) is 0.423. The Labute approximate surface area is 231 Å². The Morgan fingerprint density at radius 3 is 2.64 bits per heavy atom. The van der Waals surface area contributed by atoms with Gasteiger partial charge in [0, 0.05) is 51.5 Å². The van der Waals surface area contributed by atoms with E-state index in [9.17, 15) is 9.90 Å². The van der Waals surface area contributed by atoms with E-state index in [1.165, 1.54) is 4.52 Å². The SMILES string of the molecule is Cc1cc(C(=O)O)ccc1N1CCN(CC2CCCN(c3nc(N)n4nc(-c5ccco5)nc4n3)C2)CC1.Cl. The van der Waals surface area contributed by atoms with E-state index >= 15 is 0 Å². The van der Waals surface area contributed by atoms with Gasteiger partial charge < -0.3 is 25.1 Å². The highest BCUT2D eigenvalue weighted by Crippen LogP contribution is 2.26. The summed E-state index contributed by atoms with van der Waals surface area (Å²) < 4.78 is 6.85. The number of carboxylic acids is 1. The molecule has 0 amide bonds. The van der Waals surface area contributed by atoms with Gasteiger partial charge in [-0.15, -0.1) is 17.5 Å². The molecule has 5 heterocycles. The van der Waals surface area contributed by atoms with Crippen LogP contribution in [0.2, 0.25) is 0 Å². The molecular weight excluding hydrogens is 522 g/mol. The Balaban J connectivity index is 0.00000308. The molecular formula is C26H32ClN9O3. The molecule has 0 spiro atoms. The molecule has 39 heavy (non-hydrogen) atoms. The molecule has 3 N–H and O–H groups in total. The number of carbonyl (C=O) groups is 1. The molecule has 13 heteroatoms. The van der Waals surface area contributed by atoms with Crippen molar-refractivity contribution in [1.82, 2.24) is 29.5 Å². The lowest BCUT2D eigenvalue weighted by Gasteiger charge is -2.40. The number of anilines is 3. The van der Waals surface area contributed by atoms with Crippen LogP contribution in [0.3, 0.4) is 0 Å². The first kappa shape index (κ1) is 26.7.